The third kappa shape index (κ3) is 2.00. The van der Waals surface area contributed by atoms with Crippen molar-refractivity contribution in [2.75, 3.05) is 13.7 Å². The first-order chi connectivity index (χ1) is 6.61. The Hall–Kier alpha value is -0.780. The minimum absolute atomic E-state index is 0.0395. The van der Waals surface area contributed by atoms with Crippen LogP contribution in [-0.2, 0) is 0 Å². The lowest BCUT2D eigenvalue weighted by Gasteiger charge is -2.13. The minimum Gasteiger partial charge on any atom is -0.506 e. The van der Waals surface area contributed by atoms with Crippen LogP contribution in [0.25, 0.3) is 0 Å². The minimum atomic E-state index is -0.864. The Morgan fingerprint density at radius 2 is 2.21 bits per heavy atom. The Labute approximate surface area is 90.4 Å². The number of aliphatic hydroxyl groups excluding tert-OH is 1. The van der Waals surface area contributed by atoms with E-state index >= 15 is 0 Å². The number of aromatic hydroxyl groups is 1. The van der Waals surface area contributed by atoms with Crippen LogP contribution in [0.4, 0.5) is 0 Å². The van der Waals surface area contributed by atoms with Gasteiger partial charge in [-0.05, 0) is 28.1 Å². The quantitative estimate of drug-likeness (QED) is 0.763. The molecule has 0 saturated heterocycles. The first kappa shape index (κ1) is 11.3. The van der Waals surface area contributed by atoms with Crippen LogP contribution in [0.2, 0.25) is 0 Å². The van der Waals surface area contributed by atoms with Crippen LogP contribution in [0.1, 0.15) is 11.7 Å². The normalized spacial score (nSPS) is 12.6. The Balaban J connectivity index is 3.17. The van der Waals surface area contributed by atoms with E-state index in [0.717, 1.165) is 0 Å². The molecule has 5 heteroatoms. The number of methoxy groups -OCH3 is 1. The number of benzene rings is 1. The van der Waals surface area contributed by atoms with Gasteiger partial charge >= 0.3 is 0 Å². The second-order valence-corrected chi connectivity index (χ2v) is 3.56. The van der Waals surface area contributed by atoms with Crippen LogP contribution in [0, 0.1) is 0 Å². The fourth-order valence-corrected chi connectivity index (χ4v) is 1.64. The number of aliphatic hydroxyl groups is 1. The van der Waals surface area contributed by atoms with Crippen LogP contribution in [0.5, 0.6) is 11.5 Å². The van der Waals surface area contributed by atoms with Gasteiger partial charge < -0.3 is 20.7 Å². The van der Waals surface area contributed by atoms with Gasteiger partial charge in [-0.15, -0.1) is 0 Å². The first-order valence-corrected chi connectivity index (χ1v) is 4.84. The average Bonchev–Trinajstić information content (AvgIpc) is 2.21. The average molecular weight is 262 g/mol. The van der Waals surface area contributed by atoms with Crippen molar-refractivity contribution in [1.29, 1.82) is 0 Å². The molecule has 0 amide bonds. The van der Waals surface area contributed by atoms with E-state index < -0.39 is 6.10 Å². The lowest BCUT2D eigenvalue weighted by molar-refractivity contribution is 0.182. The van der Waals surface area contributed by atoms with E-state index in [2.05, 4.69) is 15.9 Å². The molecule has 1 aromatic rings. The highest BCUT2D eigenvalue weighted by Gasteiger charge is 2.15. The van der Waals surface area contributed by atoms with Gasteiger partial charge in [-0.3, -0.25) is 0 Å². The summed E-state index contributed by atoms with van der Waals surface area (Å²) in [6.45, 7) is 0.0618. The van der Waals surface area contributed by atoms with Gasteiger partial charge in [-0.2, -0.15) is 0 Å². The second kappa shape index (κ2) is 4.63. The molecule has 0 radical (unpaired) electrons. The summed E-state index contributed by atoms with van der Waals surface area (Å²) < 4.78 is 5.40. The highest BCUT2D eigenvalue weighted by molar-refractivity contribution is 9.10. The predicted molar refractivity (Wildman–Crippen MR) is 56.4 cm³/mol. The van der Waals surface area contributed by atoms with E-state index in [-0.39, 0.29) is 12.3 Å². The topological polar surface area (TPSA) is 75.7 Å². The van der Waals surface area contributed by atoms with Gasteiger partial charge in [0.15, 0.2) is 0 Å². The van der Waals surface area contributed by atoms with Crippen molar-refractivity contribution in [2.45, 2.75) is 6.10 Å². The molecule has 14 heavy (non-hydrogen) atoms. The molecule has 1 rings (SSSR count). The molecule has 4 N–H and O–H groups in total. The molecule has 0 aromatic heterocycles. The highest BCUT2D eigenvalue weighted by atomic mass is 79.9. The zero-order valence-electron chi connectivity index (χ0n) is 7.70. The summed E-state index contributed by atoms with van der Waals surface area (Å²) in [5, 5.41) is 19.1. The number of hydrogen-bond donors (Lipinski definition) is 3. The first-order valence-electron chi connectivity index (χ1n) is 4.05. The fraction of sp³-hybridized carbons (Fsp3) is 0.333. The molecule has 1 aromatic carbocycles. The van der Waals surface area contributed by atoms with E-state index in [4.69, 9.17) is 10.5 Å². The van der Waals surface area contributed by atoms with Crippen LogP contribution in [-0.4, -0.2) is 23.9 Å². The Bertz CT molecular complexity index is 330. The number of rotatable bonds is 3. The van der Waals surface area contributed by atoms with E-state index in [9.17, 15) is 10.2 Å². The van der Waals surface area contributed by atoms with Crippen LogP contribution in [0.3, 0.4) is 0 Å². The van der Waals surface area contributed by atoms with Gasteiger partial charge in [0.05, 0.1) is 13.2 Å². The number of phenolic OH excluding ortho intramolecular Hbond substituents is 1. The number of hydrogen-bond acceptors (Lipinski definition) is 4. The third-order valence-corrected chi connectivity index (χ3v) is 2.68. The number of phenols is 1. The van der Waals surface area contributed by atoms with Crippen molar-refractivity contribution in [1.82, 2.24) is 0 Å². The SMILES string of the molecule is COc1ccc(C(O)CN)c(O)c1Br. The van der Waals surface area contributed by atoms with Crippen molar-refractivity contribution < 1.29 is 14.9 Å². The van der Waals surface area contributed by atoms with E-state index in [1.807, 2.05) is 0 Å². The van der Waals surface area contributed by atoms with Gasteiger partial charge in [0.2, 0.25) is 0 Å². The Morgan fingerprint density at radius 1 is 1.57 bits per heavy atom. The van der Waals surface area contributed by atoms with E-state index in [0.29, 0.717) is 15.8 Å². The Kier molecular flexibility index (Phi) is 3.74. The summed E-state index contributed by atoms with van der Waals surface area (Å²) in [4.78, 5) is 0. The van der Waals surface area contributed by atoms with Crippen LogP contribution < -0.4 is 10.5 Å². The van der Waals surface area contributed by atoms with Crippen LogP contribution in [0.15, 0.2) is 16.6 Å². The molecule has 0 fully saturated rings. The molecule has 0 aliphatic heterocycles. The van der Waals surface area contributed by atoms with Crippen LogP contribution >= 0.6 is 15.9 Å². The molecule has 0 aliphatic rings. The molecular weight excluding hydrogens is 250 g/mol. The summed E-state index contributed by atoms with van der Waals surface area (Å²) in [5.74, 6) is 0.470. The molecule has 0 heterocycles. The summed E-state index contributed by atoms with van der Waals surface area (Å²) >= 11 is 3.16. The van der Waals surface area contributed by atoms with Gasteiger partial charge in [-0.1, -0.05) is 0 Å². The smallest absolute Gasteiger partial charge is 0.139 e. The maximum absolute atomic E-state index is 9.67. The molecule has 4 nitrogen and oxygen atoms in total. The molecule has 0 saturated carbocycles. The molecule has 0 aliphatic carbocycles. The zero-order valence-corrected chi connectivity index (χ0v) is 9.28. The van der Waals surface area contributed by atoms with E-state index in [1.165, 1.54) is 7.11 Å². The second-order valence-electron chi connectivity index (χ2n) is 2.77. The molecule has 1 unspecified atom stereocenters. The fourth-order valence-electron chi connectivity index (χ4n) is 1.11. The molecule has 78 valence electrons. The van der Waals surface area contributed by atoms with Crippen molar-refractivity contribution in [2.24, 2.45) is 5.73 Å². The molecule has 0 bridgehead atoms. The largest absolute Gasteiger partial charge is 0.506 e. The van der Waals surface area contributed by atoms with Gasteiger partial charge in [0.25, 0.3) is 0 Å². The molecular formula is C9H12BrNO3. The maximum Gasteiger partial charge on any atom is 0.139 e. The number of halogens is 1. The maximum atomic E-state index is 9.67. The monoisotopic (exact) mass is 261 g/mol. The van der Waals surface area contributed by atoms with Crippen molar-refractivity contribution in [3.63, 3.8) is 0 Å². The van der Waals surface area contributed by atoms with Gasteiger partial charge in [-0.25, -0.2) is 0 Å². The summed E-state index contributed by atoms with van der Waals surface area (Å²) in [6.07, 6.45) is -0.864. The standard InChI is InChI=1S/C9H12BrNO3/c1-14-7-3-2-5(6(12)4-11)9(13)8(7)10/h2-3,6,12-13H,4,11H2,1H3. The zero-order chi connectivity index (χ0) is 10.7. The highest BCUT2D eigenvalue weighted by Crippen LogP contribution is 2.38. The Morgan fingerprint density at radius 3 is 2.71 bits per heavy atom. The summed E-state index contributed by atoms with van der Waals surface area (Å²) in [6, 6.07) is 3.23. The van der Waals surface area contributed by atoms with Crippen molar-refractivity contribution in [3.8, 4) is 11.5 Å². The summed E-state index contributed by atoms with van der Waals surface area (Å²) in [5.41, 5.74) is 5.67. The lowest BCUT2D eigenvalue weighted by atomic mass is 10.1. The number of ether oxygens (including phenoxy) is 1. The predicted octanol–water partition coefficient (Wildman–Crippen LogP) is 1.16. The molecule has 0 spiro atoms. The van der Waals surface area contributed by atoms with Gasteiger partial charge in [0, 0.05) is 12.1 Å². The van der Waals surface area contributed by atoms with Crippen molar-refractivity contribution >= 4 is 15.9 Å². The van der Waals surface area contributed by atoms with Gasteiger partial charge in [0.1, 0.15) is 16.0 Å². The molecule has 1 atom stereocenters. The summed E-state index contributed by atoms with van der Waals surface area (Å²) in [7, 11) is 1.50. The van der Waals surface area contributed by atoms with E-state index in [1.54, 1.807) is 12.1 Å². The van der Waals surface area contributed by atoms with Crippen molar-refractivity contribution in [3.05, 3.63) is 22.2 Å². The third-order valence-electron chi connectivity index (χ3n) is 1.91. The number of nitrogens with two attached hydrogens (primary N) is 1. The lowest BCUT2D eigenvalue weighted by Crippen LogP contribution is -2.11.